The van der Waals surface area contributed by atoms with Crippen molar-refractivity contribution < 1.29 is 4.39 Å². The summed E-state index contributed by atoms with van der Waals surface area (Å²) in [6.07, 6.45) is 0. The van der Waals surface area contributed by atoms with E-state index in [4.69, 9.17) is 22.6 Å². The second-order valence-electron chi connectivity index (χ2n) is 2.97. The molecular weight excluding hydrogens is 217 g/mol. The summed E-state index contributed by atoms with van der Waals surface area (Å²) in [7, 11) is 0. The van der Waals surface area contributed by atoms with Crippen LogP contribution >= 0.6 is 11.6 Å². The maximum absolute atomic E-state index is 13.0. The molecule has 5 heteroatoms. The predicted molar refractivity (Wildman–Crippen MR) is 57.9 cm³/mol. The van der Waals surface area contributed by atoms with Crippen LogP contribution in [0, 0.1) is 24.1 Å². The lowest BCUT2D eigenvalue weighted by Gasteiger charge is -2.03. The van der Waals surface area contributed by atoms with Crippen molar-refractivity contribution in [2.24, 2.45) is 10.7 Å². The van der Waals surface area contributed by atoms with Crippen LogP contribution in [0.2, 0.25) is 0 Å². The molecule has 0 spiro atoms. The number of rotatable bonds is 2. The molecular formula is C10H9ClFN3. The second kappa shape index (κ2) is 4.76. The lowest BCUT2D eigenvalue weighted by Crippen LogP contribution is -2.12. The van der Waals surface area contributed by atoms with Gasteiger partial charge in [-0.05, 0) is 18.6 Å². The molecule has 0 aliphatic rings. The van der Waals surface area contributed by atoms with E-state index in [1.807, 2.05) is 6.07 Å². The van der Waals surface area contributed by atoms with Crippen LogP contribution in [0.5, 0.6) is 0 Å². The first kappa shape index (κ1) is 11.5. The molecule has 0 saturated heterocycles. The summed E-state index contributed by atoms with van der Waals surface area (Å²) in [4.78, 5) is 3.87. The maximum Gasteiger partial charge on any atom is 0.125 e. The molecule has 0 saturated carbocycles. The van der Waals surface area contributed by atoms with Crippen molar-refractivity contribution in [1.82, 2.24) is 0 Å². The van der Waals surface area contributed by atoms with Crippen LogP contribution in [0.15, 0.2) is 17.1 Å². The number of alkyl halides is 1. The van der Waals surface area contributed by atoms with Gasteiger partial charge >= 0.3 is 0 Å². The van der Waals surface area contributed by atoms with Crippen molar-refractivity contribution >= 4 is 23.1 Å². The van der Waals surface area contributed by atoms with Gasteiger partial charge in [-0.2, -0.15) is 5.26 Å². The molecule has 0 radical (unpaired) electrons. The normalized spacial score (nSPS) is 11.2. The fourth-order valence-corrected chi connectivity index (χ4v) is 1.20. The van der Waals surface area contributed by atoms with E-state index >= 15 is 0 Å². The van der Waals surface area contributed by atoms with Gasteiger partial charge in [0.2, 0.25) is 0 Å². The Morgan fingerprint density at radius 1 is 1.67 bits per heavy atom. The van der Waals surface area contributed by atoms with Gasteiger partial charge in [-0.1, -0.05) is 0 Å². The molecule has 3 nitrogen and oxygen atoms in total. The minimum Gasteiger partial charge on any atom is -0.386 e. The van der Waals surface area contributed by atoms with E-state index in [-0.39, 0.29) is 17.4 Å². The number of hydrogen-bond acceptors (Lipinski definition) is 2. The Bertz CT molecular complexity index is 449. The smallest absolute Gasteiger partial charge is 0.125 e. The molecule has 0 atom stereocenters. The Morgan fingerprint density at radius 2 is 2.33 bits per heavy atom. The predicted octanol–water partition coefficient (Wildman–Crippen LogP) is 2.23. The van der Waals surface area contributed by atoms with E-state index < -0.39 is 5.82 Å². The zero-order chi connectivity index (χ0) is 11.4. The van der Waals surface area contributed by atoms with Gasteiger partial charge in [0.1, 0.15) is 17.7 Å². The molecule has 1 aromatic rings. The van der Waals surface area contributed by atoms with Crippen molar-refractivity contribution in [3.63, 3.8) is 0 Å². The molecule has 0 heterocycles. The first-order valence-corrected chi connectivity index (χ1v) is 4.71. The van der Waals surface area contributed by atoms with Gasteiger partial charge in [-0.15, -0.1) is 11.6 Å². The van der Waals surface area contributed by atoms with Crippen molar-refractivity contribution in [2.45, 2.75) is 6.92 Å². The van der Waals surface area contributed by atoms with Crippen LogP contribution in [0.3, 0.4) is 0 Å². The fourth-order valence-electron chi connectivity index (χ4n) is 1.14. The lowest BCUT2D eigenvalue weighted by atomic mass is 10.1. The minimum atomic E-state index is -0.451. The van der Waals surface area contributed by atoms with Crippen molar-refractivity contribution in [1.29, 1.82) is 5.26 Å². The minimum absolute atomic E-state index is 0.0421. The van der Waals surface area contributed by atoms with Gasteiger partial charge in [0.05, 0.1) is 17.1 Å². The van der Waals surface area contributed by atoms with Crippen molar-refractivity contribution in [3.05, 3.63) is 29.1 Å². The summed E-state index contributed by atoms with van der Waals surface area (Å²) in [5.74, 6) is -0.258. The number of nitrogens with two attached hydrogens (primary N) is 1. The summed E-state index contributed by atoms with van der Waals surface area (Å²) in [6.45, 7) is 1.64. The Morgan fingerprint density at radius 3 is 2.87 bits per heavy atom. The Labute approximate surface area is 92.0 Å². The molecule has 1 aromatic carbocycles. The third-order valence-electron chi connectivity index (χ3n) is 1.79. The summed E-state index contributed by atoms with van der Waals surface area (Å²) >= 11 is 5.44. The summed E-state index contributed by atoms with van der Waals surface area (Å²) in [6, 6.07) is 4.38. The molecule has 1 rings (SSSR count). The highest BCUT2D eigenvalue weighted by Gasteiger charge is 2.07. The Balaban J connectivity index is 3.35. The van der Waals surface area contributed by atoms with Crippen LogP contribution in [0.25, 0.3) is 0 Å². The fraction of sp³-hybridized carbons (Fsp3) is 0.200. The van der Waals surface area contributed by atoms with E-state index in [9.17, 15) is 4.39 Å². The number of hydrogen-bond donors (Lipinski definition) is 1. The summed E-state index contributed by atoms with van der Waals surface area (Å²) in [5.41, 5.74) is 6.47. The molecule has 2 N–H and O–H groups in total. The van der Waals surface area contributed by atoms with Crippen molar-refractivity contribution in [3.8, 4) is 6.07 Å². The number of nitriles is 1. The highest BCUT2D eigenvalue weighted by Crippen LogP contribution is 2.23. The SMILES string of the molecule is Cc1cc(F)cc(N=C(N)CCl)c1C#N. The van der Waals surface area contributed by atoms with Crippen LogP contribution in [0.4, 0.5) is 10.1 Å². The lowest BCUT2D eigenvalue weighted by molar-refractivity contribution is 0.627. The molecule has 0 aliphatic carbocycles. The van der Waals surface area contributed by atoms with Gasteiger partial charge in [-0.3, -0.25) is 0 Å². The van der Waals surface area contributed by atoms with Crippen LogP contribution in [-0.2, 0) is 0 Å². The van der Waals surface area contributed by atoms with Gasteiger partial charge in [0.25, 0.3) is 0 Å². The van der Waals surface area contributed by atoms with Gasteiger partial charge < -0.3 is 5.73 Å². The number of halogens is 2. The maximum atomic E-state index is 13.0. The second-order valence-corrected chi connectivity index (χ2v) is 3.23. The molecule has 78 valence electrons. The van der Waals surface area contributed by atoms with E-state index in [2.05, 4.69) is 4.99 Å². The third kappa shape index (κ3) is 2.67. The van der Waals surface area contributed by atoms with E-state index in [0.717, 1.165) is 6.07 Å². The Hall–Kier alpha value is -1.60. The van der Waals surface area contributed by atoms with Crippen LogP contribution < -0.4 is 5.73 Å². The van der Waals surface area contributed by atoms with Gasteiger partial charge in [-0.25, -0.2) is 9.38 Å². The number of amidine groups is 1. The molecule has 15 heavy (non-hydrogen) atoms. The highest BCUT2D eigenvalue weighted by atomic mass is 35.5. The average molecular weight is 226 g/mol. The first-order valence-electron chi connectivity index (χ1n) is 4.17. The largest absolute Gasteiger partial charge is 0.386 e. The topological polar surface area (TPSA) is 62.2 Å². The number of aryl methyl sites for hydroxylation is 1. The van der Waals surface area contributed by atoms with Crippen molar-refractivity contribution in [2.75, 3.05) is 5.88 Å². The van der Waals surface area contributed by atoms with Gasteiger partial charge in [0, 0.05) is 6.07 Å². The van der Waals surface area contributed by atoms with E-state index in [1.54, 1.807) is 6.92 Å². The monoisotopic (exact) mass is 225 g/mol. The number of nitrogens with zero attached hydrogens (tertiary/aromatic N) is 2. The number of benzene rings is 1. The summed E-state index contributed by atoms with van der Waals surface area (Å²) < 4.78 is 13.0. The van der Waals surface area contributed by atoms with Gasteiger partial charge in [0.15, 0.2) is 0 Å². The molecule has 0 aromatic heterocycles. The van der Waals surface area contributed by atoms with E-state index in [0.29, 0.717) is 11.1 Å². The highest BCUT2D eigenvalue weighted by molar-refractivity contribution is 6.28. The zero-order valence-electron chi connectivity index (χ0n) is 8.09. The standard InChI is InChI=1S/C10H9ClFN3/c1-6-2-7(12)3-9(8(6)5-13)15-10(14)4-11/h2-3H,4H2,1H3,(H2,14,15). The molecule has 0 bridgehead atoms. The quantitative estimate of drug-likeness (QED) is 0.477. The van der Waals surface area contributed by atoms with E-state index in [1.165, 1.54) is 6.07 Å². The first-order chi connectivity index (χ1) is 7.08. The molecule has 0 fully saturated rings. The average Bonchev–Trinajstić information content (AvgIpc) is 2.17. The van der Waals surface area contributed by atoms with Crippen LogP contribution in [0.1, 0.15) is 11.1 Å². The van der Waals surface area contributed by atoms with Crippen LogP contribution in [-0.4, -0.2) is 11.7 Å². The Kier molecular flexibility index (Phi) is 3.64. The molecule has 0 amide bonds. The molecule has 0 unspecified atom stereocenters. The summed E-state index contributed by atoms with van der Waals surface area (Å²) in [5, 5.41) is 8.86. The molecule has 0 aliphatic heterocycles. The third-order valence-corrected chi connectivity index (χ3v) is 2.07. The zero-order valence-corrected chi connectivity index (χ0v) is 8.85. The number of aliphatic imine (C=N–C) groups is 1.